The Morgan fingerprint density at radius 2 is 1.87 bits per heavy atom. The van der Waals surface area contributed by atoms with Crippen molar-refractivity contribution in [3.05, 3.63) is 0 Å². The molecule has 0 aromatic carbocycles. The van der Waals surface area contributed by atoms with Crippen molar-refractivity contribution in [3.63, 3.8) is 0 Å². The minimum absolute atomic E-state index is 0.0133. The van der Waals surface area contributed by atoms with Crippen molar-refractivity contribution in [3.8, 4) is 0 Å². The standard InChI is InChI=1S/C11H19NO3/c1-11(7-2-3-8-11)12-9(13)5-4-6-10(14)15/h2-8H2,1H3,(H,12,13)(H,14,15). The van der Waals surface area contributed by atoms with Crippen LogP contribution in [0.5, 0.6) is 0 Å². The lowest BCUT2D eigenvalue weighted by molar-refractivity contribution is -0.137. The molecule has 1 amide bonds. The summed E-state index contributed by atoms with van der Waals surface area (Å²) >= 11 is 0. The third-order valence-corrected chi connectivity index (χ3v) is 2.94. The Morgan fingerprint density at radius 3 is 2.40 bits per heavy atom. The number of amides is 1. The maximum Gasteiger partial charge on any atom is 0.303 e. The fraction of sp³-hybridized carbons (Fsp3) is 0.818. The Morgan fingerprint density at radius 1 is 1.27 bits per heavy atom. The summed E-state index contributed by atoms with van der Waals surface area (Å²) < 4.78 is 0. The zero-order valence-electron chi connectivity index (χ0n) is 9.21. The molecule has 0 bridgehead atoms. The summed E-state index contributed by atoms with van der Waals surface area (Å²) in [6.07, 6.45) is 5.25. The van der Waals surface area contributed by atoms with Gasteiger partial charge in [0.2, 0.25) is 5.91 Å². The molecular weight excluding hydrogens is 194 g/mol. The number of carbonyl (C=O) groups is 2. The maximum absolute atomic E-state index is 11.5. The van der Waals surface area contributed by atoms with Crippen LogP contribution in [0.1, 0.15) is 51.9 Å². The van der Waals surface area contributed by atoms with Crippen LogP contribution in [0.2, 0.25) is 0 Å². The predicted octanol–water partition coefficient (Wildman–Crippen LogP) is 1.69. The number of carbonyl (C=O) groups excluding carboxylic acids is 1. The molecule has 4 nitrogen and oxygen atoms in total. The molecule has 0 aromatic heterocycles. The molecule has 86 valence electrons. The molecule has 0 spiro atoms. The number of rotatable bonds is 5. The summed E-state index contributed by atoms with van der Waals surface area (Å²) in [7, 11) is 0. The molecule has 15 heavy (non-hydrogen) atoms. The van der Waals surface area contributed by atoms with Gasteiger partial charge in [0.15, 0.2) is 0 Å². The van der Waals surface area contributed by atoms with E-state index in [1.165, 1.54) is 12.8 Å². The molecule has 1 aliphatic carbocycles. The molecule has 0 unspecified atom stereocenters. The first-order valence-corrected chi connectivity index (χ1v) is 5.55. The van der Waals surface area contributed by atoms with E-state index >= 15 is 0 Å². The minimum Gasteiger partial charge on any atom is -0.481 e. The maximum atomic E-state index is 11.5. The van der Waals surface area contributed by atoms with E-state index in [0.29, 0.717) is 12.8 Å². The smallest absolute Gasteiger partial charge is 0.303 e. The van der Waals surface area contributed by atoms with Gasteiger partial charge < -0.3 is 10.4 Å². The van der Waals surface area contributed by atoms with Crippen molar-refractivity contribution < 1.29 is 14.7 Å². The first-order valence-electron chi connectivity index (χ1n) is 5.55. The van der Waals surface area contributed by atoms with Crippen molar-refractivity contribution in [1.82, 2.24) is 5.32 Å². The normalized spacial score (nSPS) is 18.7. The third kappa shape index (κ3) is 4.32. The van der Waals surface area contributed by atoms with Gasteiger partial charge in [0.25, 0.3) is 0 Å². The van der Waals surface area contributed by atoms with Gasteiger partial charge in [0, 0.05) is 18.4 Å². The molecule has 1 fully saturated rings. The fourth-order valence-corrected chi connectivity index (χ4v) is 2.08. The van der Waals surface area contributed by atoms with E-state index < -0.39 is 5.97 Å². The minimum atomic E-state index is -0.838. The van der Waals surface area contributed by atoms with Crippen LogP contribution < -0.4 is 5.32 Å². The topological polar surface area (TPSA) is 66.4 Å². The number of nitrogens with one attached hydrogen (secondary N) is 1. The fourth-order valence-electron chi connectivity index (χ4n) is 2.08. The van der Waals surface area contributed by atoms with Crippen LogP contribution in [0.4, 0.5) is 0 Å². The quantitative estimate of drug-likeness (QED) is 0.730. The number of aliphatic carboxylic acids is 1. The van der Waals surface area contributed by atoms with Crippen molar-refractivity contribution in [2.45, 2.75) is 57.4 Å². The molecule has 4 heteroatoms. The third-order valence-electron chi connectivity index (χ3n) is 2.94. The average molecular weight is 213 g/mol. The largest absolute Gasteiger partial charge is 0.481 e. The molecule has 0 radical (unpaired) electrons. The van der Waals surface area contributed by atoms with Crippen molar-refractivity contribution >= 4 is 11.9 Å². The highest BCUT2D eigenvalue weighted by molar-refractivity contribution is 5.77. The molecule has 0 atom stereocenters. The second-order valence-electron chi connectivity index (χ2n) is 4.56. The van der Waals surface area contributed by atoms with Gasteiger partial charge in [-0.2, -0.15) is 0 Å². The van der Waals surface area contributed by atoms with Gasteiger partial charge in [-0.05, 0) is 26.2 Å². The molecular formula is C11H19NO3. The Labute approximate surface area is 90.0 Å². The lowest BCUT2D eigenvalue weighted by atomic mass is 10.0. The molecule has 0 aliphatic heterocycles. The Balaban J connectivity index is 2.20. The molecule has 0 heterocycles. The average Bonchev–Trinajstić information content (AvgIpc) is 2.50. The van der Waals surface area contributed by atoms with E-state index in [1.54, 1.807) is 0 Å². The van der Waals surface area contributed by atoms with E-state index in [2.05, 4.69) is 12.2 Å². The van der Waals surface area contributed by atoms with Gasteiger partial charge >= 0.3 is 5.97 Å². The van der Waals surface area contributed by atoms with Crippen LogP contribution in [0.3, 0.4) is 0 Å². The van der Waals surface area contributed by atoms with Crippen molar-refractivity contribution in [2.24, 2.45) is 0 Å². The SMILES string of the molecule is CC1(NC(=O)CCCC(=O)O)CCCC1. The first-order chi connectivity index (χ1) is 7.02. The molecule has 1 aliphatic rings. The van der Waals surface area contributed by atoms with Crippen molar-refractivity contribution in [2.75, 3.05) is 0 Å². The van der Waals surface area contributed by atoms with E-state index in [1.807, 2.05) is 0 Å². The van der Waals surface area contributed by atoms with Crippen LogP contribution in [-0.2, 0) is 9.59 Å². The zero-order valence-corrected chi connectivity index (χ0v) is 9.21. The lowest BCUT2D eigenvalue weighted by Crippen LogP contribution is -2.43. The van der Waals surface area contributed by atoms with Crippen LogP contribution in [-0.4, -0.2) is 22.5 Å². The van der Waals surface area contributed by atoms with Crippen LogP contribution in [0.25, 0.3) is 0 Å². The molecule has 1 rings (SSSR count). The number of carboxylic acids is 1. The van der Waals surface area contributed by atoms with Gasteiger partial charge in [0.05, 0.1) is 0 Å². The van der Waals surface area contributed by atoms with Crippen molar-refractivity contribution in [1.29, 1.82) is 0 Å². The van der Waals surface area contributed by atoms with E-state index in [9.17, 15) is 9.59 Å². The molecule has 0 aromatic rings. The highest BCUT2D eigenvalue weighted by Crippen LogP contribution is 2.28. The summed E-state index contributed by atoms with van der Waals surface area (Å²) in [5.74, 6) is -0.851. The summed E-state index contributed by atoms with van der Waals surface area (Å²) in [4.78, 5) is 21.7. The van der Waals surface area contributed by atoms with E-state index in [-0.39, 0.29) is 17.9 Å². The molecule has 1 saturated carbocycles. The van der Waals surface area contributed by atoms with Gasteiger partial charge in [-0.1, -0.05) is 12.8 Å². The van der Waals surface area contributed by atoms with Crippen LogP contribution in [0.15, 0.2) is 0 Å². The molecule has 2 N–H and O–H groups in total. The van der Waals surface area contributed by atoms with Gasteiger partial charge in [-0.3, -0.25) is 9.59 Å². The number of carboxylic acid groups (broad SMARTS) is 1. The lowest BCUT2D eigenvalue weighted by Gasteiger charge is -2.25. The Bertz CT molecular complexity index is 244. The number of hydrogen-bond donors (Lipinski definition) is 2. The Kier molecular flexibility index (Phi) is 4.12. The van der Waals surface area contributed by atoms with Crippen LogP contribution in [0, 0.1) is 0 Å². The summed E-state index contributed by atoms with van der Waals surface area (Å²) in [6, 6.07) is 0. The summed E-state index contributed by atoms with van der Waals surface area (Å²) in [5.41, 5.74) is -0.0414. The van der Waals surface area contributed by atoms with Gasteiger partial charge in [-0.15, -0.1) is 0 Å². The Hall–Kier alpha value is -1.06. The van der Waals surface area contributed by atoms with Crippen LogP contribution >= 0.6 is 0 Å². The monoisotopic (exact) mass is 213 g/mol. The predicted molar refractivity (Wildman–Crippen MR) is 56.5 cm³/mol. The van der Waals surface area contributed by atoms with E-state index in [4.69, 9.17) is 5.11 Å². The first kappa shape index (κ1) is 12.0. The highest BCUT2D eigenvalue weighted by Gasteiger charge is 2.29. The van der Waals surface area contributed by atoms with Gasteiger partial charge in [-0.25, -0.2) is 0 Å². The zero-order chi connectivity index (χ0) is 11.3. The summed E-state index contributed by atoms with van der Waals surface area (Å²) in [5, 5.41) is 11.4. The van der Waals surface area contributed by atoms with E-state index in [0.717, 1.165) is 12.8 Å². The molecule has 0 saturated heterocycles. The van der Waals surface area contributed by atoms with Gasteiger partial charge in [0.1, 0.15) is 0 Å². The number of hydrogen-bond acceptors (Lipinski definition) is 2. The highest BCUT2D eigenvalue weighted by atomic mass is 16.4. The second kappa shape index (κ2) is 5.14. The second-order valence-corrected chi connectivity index (χ2v) is 4.56. The summed E-state index contributed by atoms with van der Waals surface area (Å²) in [6.45, 7) is 2.06.